The number of piperidine rings is 1. The number of hydrogen-bond donors (Lipinski definition) is 0. The molecule has 0 spiro atoms. The lowest BCUT2D eigenvalue weighted by Crippen LogP contribution is -2.53. The van der Waals surface area contributed by atoms with Crippen molar-refractivity contribution >= 4 is 23.2 Å². The van der Waals surface area contributed by atoms with E-state index in [1.807, 2.05) is 11.0 Å². The molecule has 2 amide bonds. The molecule has 0 radical (unpaired) electrons. The fourth-order valence-corrected chi connectivity index (χ4v) is 4.69. The lowest BCUT2D eigenvalue weighted by atomic mass is 9.93. The summed E-state index contributed by atoms with van der Waals surface area (Å²) in [5, 5.41) is 2.07. The zero-order valence-corrected chi connectivity index (χ0v) is 14.9. The normalized spacial score (nSPS) is 25.8. The van der Waals surface area contributed by atoms with Crippen LogP contribution in [0.3, 0.4) is 0 Å². The molecule has 2 aliphatic rings. The molecule has 5 heteroatoms. The van der Waals surface area contributed by atoms with Crippen molar-refractivity contribution in [2.75, 3.05) is 19.6 Å². The first kappa shape index (κ1) is 16.5. The van der Waals surface area contributed by atoms with Crippen LogP contribution in [0.4, 0.5) is 0 Å². The molecule has 0 saturated carbocycles. The Kier molecular flexibility index (Phi) is 4.76. The molecule has 1 aromatic rings. The molecule has 1 atom stereocenters. The van der Waals surface area contributed by atoms with E-state index in [4.69, 9.17) is 0 Å². The highest BCUT2D eigenvalue weighted by molar-refractivity contribution is 7.09. The molecular formula is C18H26N2O2S. The summed E-state index contributed by atoms with van der Waals surface area (Å²) in [5.41, 5.74) is -0.222. The van der Waals surface area contributed by atoms with Crippen molar-refractivity contribution in [1.29, 1.82) is 0 Å². The van der Waals surface area contributed by atoms with Crippen molar-refractivity contribution in [3.63, 3.8) is 0 Å². The average Bonchev–Trinajstić information content (AvgIpc) is 3.16. The standard InChI is InChI=1S/C18H26N2O2S/c1-14-6-10-19(11-7-14)16(21)17(22)20-9-4-8-18(20,2)13-15-5-3-12-23-15/h3,5,12,14H,4,6-11,13H2,1-2H3. The van der Waals surface area contributed by atoms with E-state index in [2.05, 4.69) is 25.3 Å². The zero-order valence-electron chi connectivity index (χ0n) is 14.1. The predicted molar refractivity (Wildman–Crippen MR) is 92.4 cm³/mol. The van der Waals surface area contributed by atoms with Gasteiger partial charge in [0.25, 0.3) is 0 Å². The van der Waals surface area contributed by atoms with E-state index < -0.39 is 0 Å². The highest BCUT2D eigenvalue weighted by atomic mass is 32.1. The van der Waals surface area contributed by atoms with Gasteiger partial charge in [0.05, 0.1) is 0 Å². The maximum absolute atomic E-state index is 12.8. The third kappa shape index (κ3) is 3.44. The van der Waals surface area contributed by atoms with Crippen LogP contribution in [0.1, 0.15) is 44.4 Å². The highest BCUT2D eigenvalue weighted by Gasteiger charge is 2.43. The number of amides is 2. The van der Waals surface area contributed by atoms with Crippen LogP contribution in [0.5, 0.6) is 0 Å². The lowest BCUT2D eigenvalue weighted by molar-refractivity contribution is -0.154. The van der Waals surface area contributed by atoms with Gasteiger partial charge in [-0.2, -0.15) is 0 Å². The molecule has 126 valence electrons. The lowest BCUT2D eigenvalue weighted by Gasteiger charge is -2.37. The van der Waals surface area contributed by atoms with Crippen LogP contribution >= 0.6 is 11.3 Å². The summed E-state index contributed by atoms with van der Waals surface area (Å²) in [4.78, 5) is 30.3. The van der Waals surface area contributed by atoms with Gasteiger partial charge in [0.2, 0.25) is 0 Å². The fourth-order valence-electron chi connectivity index (χ4n) is 3.80. The van der Waals surface area contributed by atoms with Gasteiger partial charge in [0.1, 0.15) is 0 Å². The second-order valence-corrected chi connectivity index (χ2v) is 8.32. The zero-order chi connectivity index (χ0) is 16.4. The molecule has 1 unspecified atom stereocenters. The van der Waals surface area contributed by atoms with Gasteiger partial charge < -0.3 is 9.80 Å². The minimum Gasteiger partial charge on any atom is -0.334 e. The van der Waals surface area contributed by atoms with Crippen LogP contribution in [-0.2, 0) is 16.0 Å². The topological polar surface area (TPSA) is 40.6 Å². The molecule has 3 rings (SSSR count). The minimum atomic E-state index is -0.295. The smallest absolute Gasteiger partial charge is 0.312 e. The Bertz CT molecular complexity index is 564. The predicted octanol–water partition coefficient (Wildman–Crippen LogP) is 2.93. The van der Waals surface area contributed by atoms with E-state index >= 15 is 0 Å². The molecule has 4 nitrogen and oxygen atoms in total. The molecule has 2 fully saturated rings. The summed E-state index contributed by atoms with van der Waals surface area (Å²) in [6, 6.07) is 4.16. The summed E-state index contributed by atoms with van der Waals surface area (Å²) in [6.45, 7) is 6.49. The van der Waals surface area contributed by atoms with E-state index in [0.29, 0.717) is 12.5 Å². The molecular weight excluding hydrogens is 308 g/mol. The molecule has 23 heavy (non-hydrogen) atoms. The number of carbonyl (C=O) groups is 2. The summed E-state index contributed by atoms with van der Waals surface area (Å²) < 4.78 is 0. The van der Waals surface area contributed by atoms with Gasteiger partial charge in [-0.25, -0.2) is 0 Å². The average molecular weight is 334 g/mol. The second-order valence-electron chi connectivity index (χ2n) is 7.29. The van der Waals surface area contributed by atoms with Gasteiger partial charge in [-0.1, -0.05) is 13.0 Å². The summed E-state index contributed by atoms with van der Waals surface area (Å²) >= 11 is 1.73. The van der Waals surface area contributed by atoms with Crippen molar-refractivity contribution in [1.82, 2.24) is 9.80 Å². The number of carbonyl (C=O) groups excluding carboxylic acids is 2. The monoisotopic (exact) mass is 334 g/mol. The van der Waals surface area contributed by atoms with Gasteiger partial charge in [-0.15, -0.1) is 11.3 Å². The Morgan fingerprint density at radius 2 is 2.00 bits per heavy atom. The van der Waals surface area contributed by atoms with Gasteiger partial charge in [0, 0.05) is 36.5 Å². The number of hydrogen-bond acceptors (Lipinski definition) is 3. The molecule has 2 saturated heterocycles. The number of likely N-dealkylation sites (tertiary alicyclic amines) is 2. The molecule has 0 N–H and O–H groups in total. The van der Waals surface area contributed by atoms with E-state index in [1.54, 1.807) is 16.2 Å². The Labute approximate surface area is 142 Å². The second kappa shape index (κ2) is 6.63. The van der Waals surface area contributed by atoms with Crippen LogP contribution in [0.15, 0.2) is 17.5 Å². The number of thiophene rings is 1. The van der Waals surface area contributed by atoms with Gasteiger partial charge >= 0.3 is 11.8 Å². The van der Waals surface area contributed by atoms with Gasteiger partial charge in [-0.05, 0) is 50.0 Å². The van der Waals surface area contributed by atoms with E-state index in [-0.39, 0.29) is 17.4 Å². The summed E-state index contributed by atoms with van der Waals surface area (Å²) in [7, 11) is 0. The summed E-state index contributed by atoms with van der Waals surface area (Å²) in [6.07, 6.45) is 4.82. The van der Waals surface area contributed by atoms with Crippen LogP contribution in [0.25, 0.3) is 0 Å². The maximum atomic E-state index is 12.8. The van der Waals surface area contributed by atoms with Crippen molar-refractivity contribution in [3.8, 4) is 0 Å². The van der Waals surface area contributed by atoms with Crippen molar-refractivity contribution in [2.24, 2.45) is 5.92 Å². The van der Waals surface area contributed by atoms with Crippen molar-refractivity contribution < 1.29 is 9.59 Å². The largest absolute Gasteiger partial charge is 0.334 e. The van der Waals surface area contributed by atoms with Crippen LogP contribution < -0.4 is 0 Å². The van der Waals surface area contributed by atoms with Gasteiger partial charge in [0.15, 0.2) is 0 Å². The quantitative estimate of drug-likeness (QED) is 0.780. The van der Waals surface area contributed by atoms with Crippen LogP contribution in [0, 0.1) is 5.92 Å². The SMILES string of the molecule is CC1CCN(C(=O)C(=O)N2CCCC2(C)Cc2cccs2)CC1. The molecule has 0 bridgehead atoms. The third-order valence-electron chi connectivity index (χ3n) is 5.38. The first-order chi connectivity index (χ1) is 11.0. The molecule has 1 aromatic heterocycles. The number of nitrogens with zero attached hydrogens (tertiary/aromatic N) is 2. The molecule has 3 heterocycles. The minimum absolute atomic E-state index is 0.222. The summed E-state index contributed by atoms with van der Waals surface area (Å²) in [5.74, 6) is 0.0670. The van der Waals surface area contributed by atoms with E-state index in [9.17, 15) is 9.59 Å². The van der Waals surface area contributed by atoms with Gasteiger partial charge in [-0.3, -0.25) is 9.59 Å². The Hall–Kier alpha value is -1.36. The Balaban J connectivity index is 1.69. The first-order valence-corrected chi connectivity index (χ1v) is 9.51. The molecule has 0 aliphatic carbocycles. The number of rotatable bonds is 2. The van der Waals surface area contributed by atoms with E-state index in [1.165, 1.54) is 4.88 Å². The maximum Gasteiger partial charge on any atom is 0.312 e. The van der Waals surface area contributed by atoms with Crippen molar-refractivity contribution in [2.45, 2.75) is 51.5 Å². The highest BCUT2D eigenvalue weighted by Crippen LogP contribution is 2.34. The van der Waals surface area contributed by atoms with E-state index in [0.717, 1.165) is 45.2 Å². The first-order valence-electron chi connectivity index (χ1n) is 8.63. The fraction of sp³-hybridized carbons (Fsp3) is 0.667. The van der Waals surface area contributed by atoms with Crippen LogP contribution in [0.2, 0.25) is 0 Å². The van der Waals surface area contributed by atoms with Crippen LogP contribution in [-0.4, -0.2) is 46.8 Å². The molecule has 0 aromatic carbocycles. The third-order valence-corrected chi connectivity index (χ3v) is 6.26. The Morgan fingerprint density at radius 1 is 1.26 bits per heavy atom. The van der Waals surface area contributed by atoms with Crippen molar-refractivity contribution in [3.05, 3.63) is 22.4 Å². The Morgan fingerprint density at radius 3 is 2.65 bits per heavy atom. The molecule has 2 aliphatic heterocycles.